The molecular weight excluding hydrogens is 302 g/mol. The molecule has 1 aliphatic carbocycles. The topological polar surface area (TPSA) is 65.2 Å². The van der Waals surface area contributed by atoms with Gasteiger partial charge in [-0.3, -0.25) is 9.59 Å². The van der Waals surface area contributed by atoms with E-state index in [1.54, 1.807) is 6.92 Å². The highest BCUT2D eigenvalue weighted by molar-refractivity contribution is 6.00. The summed E-state index contributed by atoms with van der Waals surface area (Å²) in [6.45, 7) is 3.42. The number of carbonyl (C=O) groups excluding carboxylic acids is 2. The van der Waals surface area contributed by atoms with Crippen molar-refractivity contribution in [3.63, 3.8) is 0 Å². The van der Waals surface area contributed by atoms with Crippen LogP contribution in [0.1, 0.15) is 43.1 Å². The molecule has 1 aliphatic heterocycles. The summed E-state index contributed by atoms with van der Waals surface area (Å²) in [7, 11) is 0. The molecule has 1 aromatic heterocycles. The highest BCUT2D eigenvalue weighted by Gasteiger charge is 2.45. The Labute approximate surface area is 141 Å². The number of nitrogens with zero attached hydrogens (tertiary/aromatic N) is 1. The monoisotopic (exact) mass is 325 g/mol. The molecule has 0 radical (unpaired) electrons. The summed E-state index contributed by atoms with van der Waals surface area (Å²) in [6, 6.07) is 9.07. The van der Waals surface area contributed by atoms with Crippen LogP contribution in [-0.4, -0.2) is 40.8 Å². The minimum absolute atomic E-state index is 0.0231. The molecular formula is C19H23N3O2. The van der Waals surface area contributed by atoms with Gasteiger partial charge in [0, 0.05) is 24.0 Å². The number of carbonyl (C=O) groups is 2. The standard InChI is InChI=1S/C19H23N3O2/c1-13(18(24)22-10-8-19(6-7-19)9-11-22)20-17(23)16-12-14-4-2-3-5-15(14)21-16/h2-5,12-13,21H,6-11H2,1H3,(H,20,23)/t13-/m1/s1. The lowest BCUT2D eigenvalue weighted by Crippen LogP contribution is -2.49. The SMILES string of the molecule is C[C@@H](NC(=O)c1cc2ccccc2[nH]1)C(=O)N1CCC2(CC1)CC2. The van der Waals surface area contributed by atoms with Crippen molar-refractivity contribution in [1.82, 2.24) is 15.2 Å². The molecule has 0 bridgehead atoms. The number of hydrogen-bond donors (Lipinski definition) is 2. The summed E-state index contributed by atoms with van der Waals surface area (Å²) in [5.41, 5.74) is 1.96. The molecule has 5 nitrogen and oxygen atoms in total. The first kappa shape index (κ1) is 15.2. The van der Waals surface area contributed by atoms with E-state index in [0.717, 1.165) is 36.8 Å². The number of H-pyrrole nitrogens is 1. The Morgan fingerprint density at radius 3 is 2.54 bits per heavy atom. The van der Waals surface area contributed by atoms with E-state index in [1.165, 1.54) is 12.8 Å². The number of para-hydroxylation sites is 1. The van der Waals surface area contributed by atoms with Gasteiger partial charge in [0.25, 0.3) is 5.91 Å². The number of amides is 2. The Kier molecular flexibility index (Phi) is 3.59. The van der Waals surface area contributed by atoms with E-state index in [2.05, 4.69) is 10.3 Å². The van der Waals surface area contributed by atoms with Gasteiger partial charge < -0.3 is 15.2 Å². The first-order valence-corrected chi connectivity index (χ1v) is 8.74. The maximum absolute atomic E-state index is 12.6. The Balaban J connectivity index is 1.38. The van der Waals surface area contributed by atoms with Gasteiger partial charge in [-0.25, -0.2) is 0 Å². The van der Waals surface area contributed by atoms with Gasteiger partial charge in [0.05, 0.1) is 0 Å². The average molecular weight is 325 g/mol. The summed E-state index contributed by atoms with van der Waals surface area (Å²) in [4.78, 5) is 30.0. The Morgan fingerprint density at radius 1 is 1.17 bits per heavy atom. The Morgan fingerprint density at radius 2 is 1.88 bits per heavy atom. The van der Waals surface area contributed by atoms with Crippen LogP contribution in [0.5, 0.6) is 0 Å². The fourth-order valence-corrected chi connectivity index (χ4v) is 3.68. The maximum Gasteiger partial charge on any atom is 0.268 e. The van der Waals surface area contributed by atoms with E-state index >= 15 is 0 Å². The third kappa shape index (κ3) is 2.79. The van der Waals surface area contributed by atoms with E-state index in [9.17, 15) is 9.59 Å². The quantitative estimate of drug-likeness (QED) is 0.911. The first-order chi connectivity index (χ1) is 11.6. The van der Waals surface area contributed by atoms with Gasteiger partial charge in [0.1, 0.15) is 11.7 Å². The fraction of sp³-hybridized carbons (Fsp3) is 0.474. The molecule has 2 aliphatic rings. The van der Waals surface area contributed by atoms with Crippen LogP contribution in [0, 0.1) is 5.41 Å². The molecule has 2 fully saturated rings. The van der Waals surface area contributed by atoms with Crippen molar-refractivity contribution in [2.75, 3.05) is 13.1 Å². The largest absolute Gasteiger partial charge is 0.351 e. The van der Waals surface area contributed by atoms with E-state index in [1.807, 2.05) is 35.2 Å². The van der Waals surface area contributed by atoms with E-state index in [0.29, 0.717) is 11.1 Å². The lowest BCUT2D eigenvalue weighted by molar-refractivity contribution is -0.134. The third-order valence-electron chi connectivity index (χ3n) is 5.59. The van der Waals surface area contributed by atoms with Crippen molar-refractivity contribution in [1.29, 1.82) is 0 Å². The maximum atomic E-state index is 12.6. The molecule has 1 aromatic carbocycles. The van der Waals surface area contributed by atoms with Crippen LogP contribution >= 0.6 is 0 Å². The number of nitrogens with one attached hydrogen (secondary N) is 2. The number of aromatic amines is 1. The van der Waals surface area contributed by atoms with Gasteiger partial charge in [-0.15, -0.1) is 0 Å². The predicted octanol–water partition coefficient (Wildman–Crippen LogP) is 2.69. The molecule has 1 saturated carbocycles. The summed E-state index contributed by atoms with van der Waals surface area (Å²) in [5, 5.41) is 3.82. The number of piperidine rings is 1. The van der Waals surface area contributed by atoms with Crippen LogP contribution in [0.25, 0.3) is 10.9 Å². The van der Waals surface area contributed by atoms with Crippen molar-refractivity contribution in [3.8, 4) is 0 Å². The van der Waals surface area contributed by atoms with Crippen LogP contribution in [0.2, 0.25) is 0 Å². The van der Waals surface area contributed by atoms with Gasteiger partial charge in [-0.2, -0.15) is 0 Å². The summed E-state index contributed by atoms with van der Waals surface area (Å²) < 4.78 is 0. The van der Waals surface area contributed by atoms with E-state index in [4.69, 9.17) is 0 Å². The van der Waals surface area contributed by atoms with Crippen molar-refractivity contribution >= 4 is 22.7 Å². The van der Waals surface area contributed by atoms with Gasteiger partial charge in [-0.1, -0.05) is 18.2 Å². The lowest BCUT2D eigenvalue weighted by Gasteiger charge is -2.33. The Bertz CT molecular complexity index is 748. The molecule has 24 heavy (non-hydrogen) atoms. The third-order valence-corrected chi connectivity index (χ3v) is 5.59. The molecule has 2 N–H and O–H groups in total. The van der Waals surface area contributed by atoms with Gasteiger partial charge in [-0.05, 0) is 50.2 Å². The molecule has 1 saturated heterocycles. The van der Waals surface area contributed by atoms with Crippen molar-refractivity contribution in [3.05, 3.63) is 36.0 Å². The minimum Gasteiger partial charge on any atom is -0.351 e. The predicted molar refractivity (Wildman–Crippen MR) is 92.7 cm³/mol. The smallest absolute Gasteiger partial charge is 0.268 e. The van der Waals surface area contributed by atoms with Crippen molar-refractivity contribution in [2.24, 2.45) is 5.41 Å². The highest BCUT2D eigenvalue weighted by Crippen LogP contribution is 2.53. The second-order valence-electron chi connectivity index (χ2n) is 7.29. The molecule has 126 valence electrons. The molecule has 1 atom stereocenters. The van der Waals surface area contributed by atoms with E-state index < -0.39 is 6.04 Å². The molecule has 0 unspecified atom stereocenters. The number of benzene rings is 1. The molecule has 2 heterocycles. The zero-order chi connectivity index (χ0) is 16.7. The summed E-state index contributed by atoms with van der Waals surface area (Å²) in [6.07, 6.45) is 4.87. The van der Waals surface area contributed by atoms with Gasteiger partial charge in [0.2, 0.25) is 5.91 Å². The molecule has 4 rings (SSSR count). The number of likely N-dealkylation sites (tertiary alicyclic amines) is 1. The normalized spacial score (nSPS) is 20.1. The van der Waals surface area contributed by atoms with E-state index in [-0.39, 0.29) is 11.8 Å². The summed E-state index contributed by atoms with van der Waals surface area (Å²) in [5.74, 6) is -0.210. The Hall–Kier alpha value is -2.30. The fourth-order valence-electron chi connectivity index (χ4n) is 3.68. The molecule has 2 amide bonds. The molecule has 2 aromatic rings. The van der Waals surface area contributed by atoms with Crippen LogP contribution in [0.15, 0.2) is 30.3 Å². The first-order valence-electron chi connectivity index (χ1n) is 8.74. The van der Waals surface area contributed by atoms with Gasteiger partial charge >= 0.3 is 0 Å². The lowest BCUT2D eigenvalue weighted by atomic mass is 9.93. The number of rotatable bonds is 3. The highest BCUT2D eigenvalue weighted by atomic mass is 16.2. The second kappa shape index (κ2) is 5.65. The molecule has 5 heteroatoms. The van der Waals surface area contributed by atoms with Crippen LogP contribution < -0.4 is 5.32 Å². The van der Waals surface area contributed by atoms with Crippen molar-refractivity contribution in [2.45, 2.75) is 38.6 Å². The second-order valence-corrected chi connectivity index (χ2v) is 7.29. The number of hydrogen-bond acceptors (Lipinski definition) is 2. The molecule has 1 spiro atoms. The van der Waals surface area contributed by atoms with Crippen LogP contribution in [0.4, 0.5) is 0 Å². The average Bonchev–Trinajstić information content (AvgIpc) is 3.20. The zero-order valence-electron chi connectivity index (χ0n) is 14.0. The van der Waals surface area contributed by atoms with Crippen LogP contribution in [-0.2, 0) is 4.79 Å². The van der Waals surface area contributed by atoms with Crippen LogP contribution in [0.3, 0.4) is 0 Å². The zero-order valence-corrected chi connectivity index (χ0v) is 14.0. The number of aromatic nitrogens is 1. The van der Waals surface area contributed by atoms with Gasteiger partial charge in [0.15, 0.2) is 0 Å². The van der Waals surface area contributed by atoms with Crippen molar-refractivity contribution < 1.29 is 9.59 Å². The number of fused-ring (bicyclic) bond motifs is 1. The summed E-state index contributed by atoms with van der Waals surface area (Å²) >= 11 is 0. The minimum atomic E-state index is -0.503.